The molecule has 0 spiro atoms. The third-order valence-electron chi connectivity index (χ3n) is 4.00. The number of ether oxygens (including phenoxy) is 1. The summed E-state index contributed by atoms with van der Waals surface area (Å²) in [6, 6.07) is 6.23. The molecule has 3 rings (SSSR count). The van der Waals surface area contributed by atoms with Gasteiger partial charge in [0.2, 0.25) is 0 Å². The molecule has 0 saturated carbocycles. The second kappa shape index (κ2) is 5.81. The highest BCUT2D eigenvalue weighted by atomic mass is 32.2. The SMILES string of the molecule is CS(=O)(=O)c1ccc(N2N=C(C3CCOCC3)CC2=O)cc1. The summed E-state index contributed by atoms with van der Waals surface area (Å²) in [4.78, 5) is 12.4. The molecule has 0 N–H and O–H groups in total. The van der Waals surface area contributed by atoms with Gasteiger partial charge in [-0.3, -0.25) is 4.79 Å². The number of sulfone groups is 1. The molecule has 2 aliphatic heterocycles. The van der Waals surface area contributed by atoms with Crippen LogP contribution in [0.15, 0.2) is 34.3 Å². The van der Waals surface area contributed by atoms with E-state index in [1.165, 1.54) is 17.1 Å². The molecule has 0 atom stereocenters. The maximum Gasteiger partial charge on any atom is 0.253 e. The summed E-state index contributed by atoms with van der Waals surface area (Å²) in [5, 5.41) is 5.82. The van der Waals surface area contributed by atoms with E-state index in [2.05, 4.69) is 5.10 Å². The Balaban J connectivity index is 1.82. The van der Waals surface area contributed by atoms with Gasteiger partial charge >= 0.3 is 0 Å². The molecule has 0 aromatic heterocycles. The Bertz CT molecular complexity index is 704. The van der Waals surface area contributed by atoms with Gasteiger partial charge in [-0.05, 0) is 37.1 Å². The molecule has 7 heteroatoms. The molecule has 1 amide bonds. The maximum atomic E-state index is 12.2. The molecule has 0 unspecified atom stereocenters. The van der Waals surface area contributed by atoms with E-state index in [0.29, 0.717) is 31.2 Å². The number of carbonyl (C=O) groups is 1. The van der Waals surface area contributed by atoms with Gasteiger partial charge in [0, 0.05) is 25.4 Å². The summed E-state index contributed by atoms with van der Waals surface area (Å²) >= 11 is 0. The van der Waals surface area contributed by atoms with Crippen molar-refractivity contribution in [2.75, 3.05) is 24.5 Å². The van der Waals surface area contributed by atoms with Crippen LogP contribution < -0.4 is 5.01 Å². The molecule has 0 bridgehead atoms. The minimum Gasteiger partial charge on any atom is -0.381 e. The first-order chi connectivity index (χ1) is 10.4. The number of amides is 1. The second-order valence-electron chi connectivity index (χ2n) is 5.63. The van der Waals surface area contributed by atoms with Crippen LogP contribution in [-0.2, 0) is 19.4 Å². The monoisotopic (exact) mass is 322 g/mol. The maximum absolute atomic E-state index is 12.2. The first-order valence-electron chi connectivity index (χ1n) is 7.23. The fourth-order valence-electron chi connectivity index (χ4n) is 2.74. The zero-order valence-corrected chi connectivity index (χ0v) is 13.2. The van der Waals surface area contributed by atoms with Crippen LogP contribution in [0.3, 0.4) is 0 Å². The van der Waals surface area contributed by atoms with Crippen LogP contribution >= 0.6 is 0 Å². The third kappa shape index (κ3) is 3.05. The lowest BCUT2D eigenvalue weighted by Crippen LogP contribution is -2.23. The minimum atomic E-state index is -3.24. The zero-order valence-electron chi connectivity index (χ0n) is 12.4. The Kier molecular flexibility index (Phi) is 4.01. The van der Waals surface area contributed by atoms with E-state index in [0.717, 1.165) is 24.8 Å². The summed E-state index contributed by atoms with van der Waals surface area (Å²) in [7, 11) is -3.24. The number of carbonyl (C=O) groups excluding carboxylic acids is 1. The van der Waals surface area contributed by atoms with Crippen LogP contribution in [0.1, 0.15) is 19.3 Å². The van der Waals surface area contributed by atoms with E-state index in [1.807, 2.05) is 0 Å². The Morgan fingerprint density at radius 1 is 1.18 bits per heavy atom. The molecule has 1 fully saturated rings. The van der Waals surface area contributed by atoms with Crippen LogP contribution in [0, 0.1) is 5.92 Å². The highest BCUT2D eigenvalue weighted by Gasteiger charge is 2.31. The van der Waals surface area contributed by atoms with Crippen molar-refractivity contribution >= 4 is 27.1 Å². The number of hydrazone groups is 1. The molecule has 2 aliphatic rings. The summed E-state index contributed by atoms with van der Waals surface area (Å²) in [5.74, 6) is 0.228. The summed E-state index contributed by atoms with van der Waals surface area (Å²) in [5.41, 5.74) is 1.50. The van der Waals surface area contributed by atoms with Gasteiger partial charge in [0.15, 0.2) is 9.84 Å². The number of nitrogens with zero attached hydrogens (tertiary/aromatic N) is 2. The number of hydrogen-bond acceptors (Lipinski definition) is 5. The topological polar surface area (TPSA) is 76.0 Å². The number of hydrogen-bond donors (Lipinski definition) is 0. The van der Waals surface area contributed by atoms with Crippen LogP contribution in [0.5, 0.6) is 0 Å². The van der Waals surface area contributed by atoms with Crippen LogP contribution in [-0.4, -0.2) is 39.5 Å². The van der Waals surface area contributed by atoms with Gasteiger partial charge in [0.25, 0.3) is 5.91 Å². The lowest BCUT2D eigenvalue weighted by Gasteiger charge is -2.21. The zero-order chi connectivity index (χ0) is 15.7. The van der Waals surface area contributed by atoms with Crippen molar-refractivity contribution in [3.8, 4) is 0 Å². The Labute approximate surface area is 129 Å². The molecule has 22 heavy (non-hydrogen) atoms. The van der Waals surface area contributed by atoms with E-state index < -0.39 is 9.84 Å². The van der Waals surface area contributed by atoms with Gasteiger partial charge in [-0.1, -0.05) is 0 Å². The average Bonchev–Trinajstić information content (AvgIpc) is 2.89. The van der Waals surface area contributed by atoms with Crippen molar-refractivity contribution in [2.45, 2.75) is 24.2 Å². The van der Waals surface area contributed by atoms with E-state index in [-0.39, 0.29) is 10.8 Å². The van der Waals surface area contributed by atoms with Crippen molar-refractivity contribution in [3.05, 3.63) is 24.3 Å². The largest absolute Gasteiger partial charge is 0.381 e. The van der Waals surface area contributed by atoms with Gasteiger partial charge in [-0.2, -0.15) is 5.10 Å². The van der Waals surface area contributed by atoms with Gasteiger partial charge < -0.3 is 4.74 Å². The number of anilines is 1. The molecule has 1 aromatic rings. The van der Waals surface area contributed by atoms with Gasteiger partial charge in [0.05, 0.1) is 22.7 Å². The number of rotatable bonds is 3. The van der Waals surface area contributed by atoms with Crippen molar-refractivity contribution < 1.29 is 17.9 Å². The standard InChI is InChI=1S/C15H18N2O4S/c1-22(19,20)13-4-2-12(3-5-13)17-15(18)10-14(16-17)11-6-8-21-9-7-11/h2-5,11H,6-10H2,1H3. The predicted molar refractivity (Wildman–Crippen MR) is 82.6 cm³/mol. The third-order valence-corrected chi connectivity index (χ3v) is 5.13. The van der Waals surface area contributed by atoms with E-state index in [9.17, 15) is 13.2 Å². The molecular weight excluding hydrogens is 304 g/mol. The Morgan fingerprint density at radius 3 is 2.41 bits per heavy atom. The quantitative estimate of drug-likeness (QED) is 0.847. The smallest absolute Gasteiger partial charge is 0.253 e. The van der Waals surface area contributed by atoms with Crippen LogP contribution in [0.2, 0.25) is 0 Å². The summed E-state index contributed by atoms with van der Waals surface area (Å²) in [6.07, 6.45) is 3.28. The molecule has 6 nitrogen and oxygen atoms in total. The molecule has 118 valence electrons. The summed E-state index contributed by atoms with van der Waals surface area (Å²) < 4.78 is 28.3. The fourth-order valence-corrected chi connectivity index (χ4v) is 3.37. The van der Waals surface area contributed by atoms with Crippen molar-refractivity contribution in [3.63, 3.8) is 0 Å². The minimum absolute atomic E-state index is 0.0754. The van der Waals surface area contributed by atoms with E-state index >= 15 is 0 Å². The normalized spacial score (nSPS) is 20.3. The average molecular weight is 322 g/mol. The van der Waals surface area contributed by atoms with Crippen molar-refractivity contribution in [1.82, 2.24) is 0 Å². The summed E-state index contributed by atoms with van der Waals surface area (Å²) in [6.45, 7) is 1.42. The number of benzene rings is 1. The highest BCUT2D eigenvalue weighted by Crippen LogP contribution is 2.27. The Hall–Kier alpha value is -1.73. The van der Waals surface area contributed by atoms with Gasteiger partial charge in [0.1, 0.15) is 0 Å². The predicted octanol–water partition coefficient (Wildman–Crippen LogP) is 1.61. The van der Waals surface area contributed by atoms with Crippen molar-refractivity contribution in [1.29, 1.82) is 0 Å². The fraction of sp³-hybridized carbons (Fsp3) is 0.467. The Morgan fingerprint density at radius 2 is 1.82 bits per heavy atom. The molecule has 1 saturated heterocycles. The second-order valence-corrected chi connectivity index (χ2v) is 7.64. The van der Waals surface area contributed by atoms with E-state index in [1.54, 1.807) is 12.1 Å². The first-order valence-corrected chi connectivity index (χ1v) is 9.12. The van der Waals surface area contributed by atoms with Crippen molar-refractivity contribution in [2.24, 2.45) is 11.0 Å². The van der Waals surface area contributed by atoms with Gasteiger partial charge in [-0.25, -0.2) is 13.4 Å². The highest BCUT2D eigenvalue weighted by molar-refractivity contribution is 7.90. The molecule has 2 heterocycles. The van der Waals surface area contributed by atoms with E-state index in [4.69, 9.17) is 4.74 Å². The van der Waals surface area contributed by atoms with Crippen LogP contribution in [0.25, 0.3) is 0 Å². The molecular formula is C15H18N2O4S. The molecule has 0 radical (unpaired) electrons. The lowest BCUT2D eigenvalue weighted by atomic mass is 9.93. The first kappa shape index (κ1) is 15.2. The molecule has 1 aromatic carbocycles. The van der Waals surface area contributed by atoms with Gasteiger partial charge in [-0.15, -0.1) is 0 Å². The molecule has 0 aliphatic carbocycles. The lowest BCUT2D eigenvalue weighted by molar-refractivity contribution is -0.116. The van der Waals surface area contributed by atoms with Crippen LogP contribution in [0.4, 0.5) is 5.69 Å².